The first kappa shape index (κ1) is 11.2. The zero-order chi connectivity index (χ0) is 10.9. The van der Waals surface area contributed by atoms with Crippen LogP contribution >= 0.6 is 15.9 Å². The quantitative estimate of drug-likeness (QED) is 0.868. The van der Waals surface area contributed by atoms with Crippen LogP contribution in [-0.2, 0) is 12.0 Å². The number of rotatable bonds is 2. The predicted octanol–water partition coefficient (Wildman–Crippen LogP) is 3.74. The van der Waals surface area contributed by atoms with Crippen LogP contribution in [0.2, 0.25) is 0 Å². The molecular formula is C13H18BrN. The van der Waals surface area contributed by atoms with Crippen molar-refractivity contribution in [1.29, 1.82) is 0 Å². The molecule has 0 saturated heterocycles. The Morgan fingerprint density at radius 2 is 2.00 bits per heavy atom. The molecule has 82 valence electrons. The summed E-state index contributed by atoms with van der Waals surface area (Å²) < 4.78 is 1.16. The molecule has 2 heteroatoms. The Hall–Kier alpha value is -0.340. The van der Waals surface area contributed by atoms with Gasteiger partial charge in [-0.25, -0.2) is 0 Å². The van der Waals surface area contributed by atoms with Crippen LogP contribution < -0.4 is 5.73 Å². The highest BCUT2D eigenvalue weighted by atomic mass is 79.9. The first-order chi connectivity index (χ1) is 7.15. The summed E-state index contributed by atoms with van der Waals surface area (Å²) >= 11 is 3.52. The highest BCUT2D eigenvalue weighted by Crippen LogP contribution is 2.38. The highest BCUT2D eigenvalue weighted by Gasteiger charge is 2.32. The summed E-state index contributed by atoms with van der Waals surface area (Å²) in [5.74, 6) is 0. The second-order valence-corrected chi connectivity index (χ2v) is 5.43. The van der Waals surface area contributed by atoms with Gasteiger partial charge >= 0.3 is 0 Å². The van der Waals surface area contributed by atoms with Gasteiger partial charge in [0.1, 0.15) is 0 Å². The van der Waals surface area contributed by atoms with Crippen LogP contribution in [0.1, 0.15) is 43.7 Å². The molecule has 1 aromatic carbocycles. The van der Waals surface area contributed by atoms with Crippen LogP contribution in [0.5, 0.6) is 0 Å². The van der Waals surface area contributed by atoms with E-state index in [0.717, 1.165) is 23.7 Å². The lowest BCUT2D eigenvalue weighted by Gasteiger charge is -2.27. The third kappa shape index (κ3) is 2.11. The molecule has 1 aliphatic carbocycles. The van der Waals surface area contributed by atoms with Crippen LogP contribution in [0, 0.1) is 0 Å². The van der Waals surface area contributed by atoms with Gasteiger partial charge in [-0.05, 0) is 42.5 Å². The van der Waals surface area contributed by atoms with E-state index < -0.39 is 0 Å². The molecular weight excluding hydrogens is 250 g/mol. The van der Waals surface area contributed by atoms with Crippen molar-refractivity contribution in [2.75, 3.05) is 0 Å². The van der Waals surface area contributed by atoms with Crippen molar-refractivity contribution in [1.82, 2.24) is 0 Å². The molecule has 0 spiro atoms. The average Bonchev–Trinajstić information content (AvgIpc) is 2.66. The van der Waals surface area contributed by atoms with Crippen molar-refractivity contribution >= 4 is 15.9 Å². The molecule has 1 nitrogen and oxygen atoms in total. The van der Waals surface area contributed by atoms with Crippen LogP contribution in [-0.4, -0.2) is 0 Å². The smallest absolute Gasteiger partial charge is 0.0412 e. The van der Waals surface area contributed by atoms with Gasteiger partial charge in [0.25, 0.3) is 0 Å². The molecule has 0 unspecified atom stereocenters. The number of hydrogen-bond acceptors (Lipinski definition) is 1. The Bertz CT molecular complexity index is 354. The molecule has 0 bridgehead atoms. The number of benzene rings is 1. The van der Waals surface area contributed by atoms with Gasteiger partial charge in [-0.2, -0.15) is 0 Å². The Balaban J connectivity index is 2.42. The molecule has 1 aliphatic rings. The number of hydrogen-bond donors (Lipinski definition) is 1. The lowest BCUT2D eigenvalue weighted by Crippen LogP contribution is -2.34. The third-order valence-electron chi connectivity index (χ3n) is 3.48. The largest absolute Gasteiger partial charge is 0.321 e. The highest BCUT2D eigenvalue weighted by molar-refractivity contribution is 9.10. The molecule has 0 amide bonds. The minimum Gasteiger partial charge on any atom is -0.321 e. The number of nitrogens with two attached hydrogens (primary N) is 1. The van der Waals surface area contributed by atoms with E-state index in [4.69, 9.17) is 5.73 Å². The average molecular weight is 268 g/mol. The fourth-order valence-electron chi connectivity index (χ4n) is 2.62. The SMILES string of the molecule is CCc1cc(Br)ccc1C1(N)CCCC1. The summed E-state index contributed by atoms with van der Waals surface area (Å²) in [7, 11) is 0. The van der Waals surface area contributed by atoms with E-state index in [2.05, 4.69) is 41.1 Å². The van der Waals surface area contributed by atoms with E-state index >= 15 is 0 Å². The zero-order valence-electron chi connectivity index (χ0n) is 9.22. The summed E-state index contributed by atoms with van der Waals surface area (Å²) in [6.45, 7) is 2.20. The van der Waals surface area contributed by atoms with Gasteiger partial charge in [0, 0.05) is 10.0 Å². The first-order valence-electron chi connectivity index (χ1n) is 5.73. The van der Waals surface area contributed by atoms with E-state index in [0.29, 0.717) is 0 Å². The Morgan fingerprint density at radius 3 is 2.60 bits per heavy atom. The van der Waals surface area contributed by atoms with Crippen molar-refractivity contribution in [3.05, 3.63) is 33.8 Å². The maximum absolute atomic E-state index is 6.49. The normalized spacial score (nSPS) is 19.4. The van der Waals surface area contributed by atoms with Gasteiger partial charge in [0.15, 0.2) is 0 Å². The number of halogens is 1. The second kappa shape index (κ2) is 4.26. The van der Waals surface area contributed by atoms with Crippen molar-refractivity contribution in [2.24, 2.45) is 5.73 Å². The van der Waals surface area contributed by atoms with Gasteiger partial charge in [-0.1, -0.05) is 41.8 Å². The fourth-order valence-corrected chi connectivity index (χ4v) is 3.02. The Labute approximate surface area is 100 Å². The molecule has 0 heterocycles. The molecule has 0 aliphatic heterocycles. The first-order valence-corrected chi connectivity index (χ1v) is 6.53. The third-order valence-corrected chi connectivity index (χ3v) is 3.97. The van der Waals surface area contributed by atoms with Gasteiger partial charge in [-0.3, -0.25) is 0 Å². The zero-order valence-corrected chi connectivity index (χ0v) is 10.8. The summed E-state index contributed by atoms with van der Waals surface area (Å²) in [5.41, 5.74) is 9.21. The monoisotopic (exact) mass is 267 g/mol. The minimum absolute atomic E-state index is 0.0496. The lowest BCUT2D eigenvalue weighted by molar-refractivity contribution is 0.457. The molecule has 0 aromatic heterocycles. The molecule has 0 radical (unpaired) electrons. The second-order valence-electron chi connectivity index (χ2n) is 4.52. The Morgan fingerprint density at radius 1 is 1.33 bits per heavy atom. The lowest BCUT2D eigenvalue weighted by atomic mass is 9.85. The van der Waals surface area contributed by atoms with Gasteiger partial charge in [-0.15, -0.1) is 0 Å². The molecule has 1 fully saturated rings. The van der Waals surface area contributed by atoms with Crippen molar-refractivity contribution in [3.63, 3.8) is 0 Å². The van der Waals surface area contributed by atoms with E-state index in [9.17, 15) is 0 Å². The van der Waals surface area contributed by atoms with Crippen LogP contribution in [0.15, 0.2) is 22.7 Å². The van der Waals surface area contributed by atoms with Crippen molar-refractivity contribution < 1.29 is 0 Å². The molecule has 1 saturated carbocycles. The molecule has 2 rings (SSSR count). The van der Waals surface area contributed by atoms with Crippen LogP contribution in [0.25, 0.3) is 0 Å². The maximum atomic E-state index is 6.49. The predicted molar refractivity (Wildman–Crippen MR) is 67.9 cm³/mol. The fraction of sp³-hybridized carbons (Fsp3) is 0.538. The van der Waals surface area contributed by atoms with E-state index in [1.807, 2.05) is 0 Å². The van der Waals surface area contributed by atoms with Crippen LogP contribution in [0.3, 0.4) is 0 Å². The van der Waals surface area contributed by atoms with Gasteiger partial charge in [0.2, 0.25) is 0 Å². The standard InChI is InChI=1S/C13H18BrN/c1-2-10-9-11(14)5-6-12(10)13(15)7-3-4-8-13/h5-6,9H,2-4,7-8,15H2,1H3. The maximum Gasteiger partial charge on any atom is 0.0412 e. The number of aryl methyl sites for hydroxylation is 1. The molecule has 0 atom stereocenters. The molecule has 1 aromatic rings. The summed E-state index contributed by atoms with van der Waals surface area (Å²) in [6, 6.07) is 6.53. The van der Waals surface area contributed by atoms with Crippen LogP contribution in [0.4, 0.5) is 0 Å². The van der Waals surface area contributed by atoms with Gasteiger partial charge in [0.05, 0.1) is 0 Å². The molecule has 2 N–H and O–H groups in total. The minimum atomic E-state index is -0.0496. The van der Waals surface area contributed by atoms with Crippen molar-refractivity contribution in [2.45, 2.75) is 44.6 Å². The molecule has 15 heavy (non-hydrogen) atoms. The Kier molecular flexibility index (Phi) is 3.17. The summed E-state index contributed by atoms with van der Waals surface area (Å²) in [6.07, 6.45) is 5.89. The van der Waals surface area contributed by atoms with E-state index in [-0.39, 0.29) is 5.54 Å². The van der Waals surface area contributed by atoms with Gasteiger partial charge < -0.3 is 5.73 Å². The van der Waals surface area contributed by atoms with E-state index in [1.54, 1.807) is 0 Å². The van der Waals surface area contributed by atoms with Crippen molar-refractivity contribution in [3.8, 4) is 0 Å². The topological polar surface area (TPSA) is 26.0 Å². The summed E-state index contributed by atoms with van der Waals surface area (Å²) in [5, 5.41) is 0. The summed E-state index contributed by atoms with van der Waals surface area (Å²) in [4.78, 5) is 0. The van der Waals surface area contributed by atoms with E-state index in [1.165, 1.54) is 24.0 Å².